The second-order valence-corrected chi connectivity index (χ2v) is 6.70. The van der Waals surface area contributed by atoms with Gasteiger partial charge in [0.2, 0.25) is 0 Å². The van der Waals surface area contributed by atoms with Gasteiger partial charge < -0.3 is 9.88 Å². The van der Waals surface area contributed by atoms with Crippen molar-refractivity contribution in [1.82, 2.24) is 19.4 Å². The van der Waals surface area contributed by atoms with Gasteiger partial charge in [-0.2, -0.15) is 0 Å². The van der Waals surface area contributed by atoms with Crippen LogP contribution in [0.2, 0.25) is 0 Å². The average Bonchev–Trinajstić information content (AvgIpc) is 2.91. The molecule has 4 rings (SSSR count). The molecule has 2 aromatic heterocycles. The molecule has 0 saturated carbocycles. The lowest BCUT2D eigenvalue weighted by molar-refractivity contribution is 0.152. The summed E-state index contributed by atoms with van der Waals surface area (Å²) < 4.78 is 1.92. The van der Waals surface area contributed by atoms with E-state index in [1.807, 2.05) is 35.0 Å². The molecule has 5 nitrogen and oxygen atoms in total. The molecule has 0 radical (unpaired) electrons. The summed E-state index contributed by atoms with van der Waals surface area (Å²) in [5.41, 5.74) is 2.74. The molecular weight excluding hydrogens is 288 g/mol. The smallest absolute Gasteiger partial charge is 0.305 e. The third-order valence-corrected chi connectivity index (χ3v) is 5.06. The number of nitrogens with zero attached hydrogens (tertiary/aromatic N) is 3. The molecule has 23 heavy (non-hydrogen) atoms. The number of rotatable bonds is 2. The van der Waals surface area contributed by atoms with E-state index < -0.39 is 0 Å². The molecule has 3 aromatic rings. The van der Waals surface area contributed by atoms with Crippen LogP contribution in [0, 0.1) is 0 Å². The van der Waals surface area contributed by atoms with Gasteiger partial charge in [0.25, 0.3) is 0 Å². The molecule has 0 unspecified atom stereocenters. The summed E-state index contributed by atoms with van der Waals surface area (Å²) in [5.74, 6) is 0. The molecule has 120 valence electrons. The summed E-state index contributed by atoms with van der Waals surface area (Å²) in [4.78, 5) is 22.6. The number of aromatic amines is 1. The van der Waals surface area contributed by atoms with E-state index in [-0.39, 0.29) is 11.7 Å². The predicted molar refractivity (Wildman–Crippen MR) is 92.8 cm³/mol. The minimum Gasteiger partial charge on any atom is -0.305 e. The largest absolute Gasteiger partial charge is 0.326 e. The number of H-pyrrole nitrogens is 1. The van der Waals surface area contributed by atoms with Crippen molar-refractivity contribution in [2.45, 2.75) is 38.8 Å². The van der Waals surface area contributed by atoms with Gasteiger partial charge in [0.05, 0.1) is 22.7 Å². The van der Waals surface area contributed by atoms with Gasteiger partial charge in [0, 0.05) is 30.6 Å². The lowest BCUT2D eigenvalue weighted by atomic mass is 10.0. The van der Waals surface area contributed by atoms with Crippen molar-refractivity contribution >= 4 is 21.9 Å². The third-order valence-electron chi connectivity index (χ3n) is 5.06. The van der Waals surface area contributed by atoms with Crippen molar-refractivity contribution in [3.8, 4) is 0 Å². The van der Waals surface area contributed by atoms with Crippen LogP contribution in [-0.2, 0) is 0 Å². The highest BCUT2D eigenvalue weighted by Crippen LogP contribution is 2.27. The van der Waals surface area contributed by atoms with E-state index in [9.17, 15) is 4.79 Å². The number of likely N-dealkylation sites (tertiary alicyclic amines) is 1. The maximum atomic E-state index is 12.6. The van der Waals surface area contributed by atoms with Crippen molar-refractivity contribution in [1.29, 1.82) is 0 Å². The van der Waals surface area contributed by atoms with E-state index in [1.165, 1.54) is 0 Å². The summed E-state index contributed by atoms with van der Waals surface area (Å²) >= 11 is 0. The molecule has 1 fully saturated rings. The number of hydrogen-bond donors (Lipinski definition) is 1. The Kier molecular flexibility index (Phi) is 3.45. The van der Waals surface area contributed by atoms with E-state index in [4.69, 9.17) is 0 Å². The van der Waals surface area contributed by atoms with Gasteiger partial charge in [-0.3, -0.25) is 9.55 Å². The molecule has 0 bridgehead atoms. The summed E-state index contributed by atoms with van der Waals surface area (Å²) in [5, 5.41) is 1.01. The van der Waals surface area contributed by atoms with Crippen molar-refractivity contribution in [3.05, 3.63) is 40.9 Å². The van der Waals surface area contributed by atoms with Crippen LogP contribution in [0.3, 0.4) is 0 Å². The van der Waals surface area contributed by atoms with Gasteiger partial charge in [0.15, 0.2) is 0 Å². The molecule has 1 saturated heterocycles. The number of benzene rings is 1. The predicted octanol–water partition coefficient (Wildman–Crippen LogP) is 2.92. The summed E-state index contributed by atoms with van der Waals surface area (Å²) in [7, 11) is 0. The van der Waals surface area contributed by atoms with Gasteiger partial charge in [-0.15, -0.1) is 0 Å². The minimum absolute atomic E-state index is 0.0128. The zero-order chi connectivity index (χ0) is 16.0. The first-order chi connectivity index (χ1) is 11.1. The molecule has 1 aliphatic heterocycles. The Morgan fingerprint density at radius 3 is 2.70 bits per heavy atom. The SMILES string of the molecule is CC(C)N1CCC(n2c(=O)[nH]c3c4ccccc4ncc32)CC1. The van der Waals surface area contributed by atoms with Gasteiger partial charge in [-0.1, -0.05) is 18.2 Å². The van der Waals surface area contributed by atoms with E-state index in [1.54, 1.807) is 0 Å². The molecule has 1 aromatic carbocycles. The number of aromatic nitrogens is 3. The Morgan fingerprint density at radius 2 is 1.96 bits per heavy atom. The number of para-hydroxylation sites is 1. The van der Waals surface area contributed by atoms with Crippen LogP contribution in [-0.4, -0.2) is 38.6 Å². The second kappa shape index (κ2) is 5.49. The lowest BCUT2D eigenvalue weighted by Gasteiger charge is -2.34. The lowest BCUT2D eigenvalue weighted by Crippen LogP contribution is -2.40. The fraction of sp³-hybridized carbons (Fsp3) is 0.444. The van der Waals surface area contributed by atoms with Crippen LogP contribution in [0.4, 0.5) is 0 Å². The molecule has 3 heterocycles. The summed E-state index contributed by atoms with van der Waals surface area (Å²) in [6.45, 7) is 6.55. The van der Waals surface area contributed by atoms with E-state index in [0.29, 0.717) is 6.04 Å². The fourth-order valence-electron chi connectivity index (χ4n) is 3.74. The maximum Gasteiger partial charge on any atom is 0.326 e. The second-order valence-electron chi connectivity index (χ2n) is 6.70. The molecule has 0 spiro atoms. The summed E-state index contributed by atoms with van der Waals surface area (Å²) in [6.07, 6.45) is 3.86. The number of imidazole rings is 1. The first kappa shape index (κ1) is 14.5. The number of pyridine rings is 1. The van der Waals surface area contributed by atoms with Crippen molar-refractivity contribution in [2.24, 2.45) is 0 Å². The van der Waals surface area contributed by atoms with Crippen LogP contribution < -0.4 is 5.69 Å². The highest BCUT2D eigenvalue weighted by molar-refractivity contribution is 6.01. The monoisotopic (exact) mass is 310 g/mol. The fourth-order valence-corrected chi connectivity index (χ4v) is 3.74. The Bertz CT molecular complexity index is 900. The molecule has 0 atom stereocenters. The van der Waals surface area contributed by atoms with Crippen LogP contribution in [0.5, 0.6) is 0 Å². The van der Waals surface area contributed by atoms with Gasteiger partial charge in [-0.05, 0) is 32.8 Å². The Balaban J connectivity index is 1.78. The number of fused-ring (bicyclic) bond motifs is 3. The van der Waals surface area contributed by atoms with Crippen molar-refractivity contribution in [2.75, 3.05) is 13.1 Å². The number of hydrogen-bond acceptors (Lipinski definition) is 3. The average molecular weight is 310 g/mol. The standard InChI is InChI=1S/C18H22N4O/c1-12(2)21-9-7-13(8-10-21)22-16-11-19-15-6-4-3-5-14(15)17(16)20-18(22)23/h3-6,11-13H,7-10H2,1-2H3,(H,20,23). The highest BCUT2D eigenvalue weighted by atomic mass is 16.1. The first-order valence-corrected chi connectivity index (χ1v) is 8.37. The molecule has 1 N–H and O–H groups in total. The molecule has 5 heteroatoms. The molecule has 1 aliphatic rings. The van der Waals surface area contributed by atoms with Crippen molar-refractivity contribution < 1.29 is 0 Å². The maximum absolute atomic E-state index is 12.6. The van der Waals surface area contributed by atoms with Crippen LogP contribution >= 0.6 is 0 Å². The quantitative estimate of drug-likeness (QED) is 0.792. The number of nitrogens with one attached hydrogen (secondary N) is 1. The van der Waals surface area contributed by atoms with Crippen molar-refractivity contribution in [3.63, 3.8) is 0 Å². The number of piperidine rings is 1. The van der Waals surface area contributed by atoms with E-state index >= 15 is 0 Å². The van der Waals surface area contributed by atoms with Gasteiger partial charge in [-0.25, -0.2) is 4.79 Å². The van der Waals surface area contributed by atoms with Gasteiger partial charge >= 0.3 is 5.69 Å². The topological polar surface area (TPSA) is 53.9 Å². The Labute approximate surface area is 134 Å². The van der Waals surface area contributed by atoms with Crippen LogP contribution in [0.25, 0.3) is 21.9 Å². The van der Waals surface area contributed by atoms with Crippen LogP contribution in [0.1, 0.15) is 32.7 Å². The zero-order valence-corrected chi connectivity index (χ0v) is 13.6. The Hall–Kier alpha value is -2.14. The zero-order valence-electron chi connectivity index (χ0n) is 13.6. The Morgan fingerprint density at radius 1 is 1.22 bits per heavy atom. The first-order valence-electron chi connectivity index (χ1n) is 8.37. The summed E-state index contributed by atoms with van der Waals surface area (Å²) in [6, 6.07) is 8.78. The molecule has 0 aliphatic carbocycles. The van der Waals surface area contributed by atoms with E-state index in [2.05, 4.69) is 28.7 Å². The highest BCUT2D eigenvalue weighted by Gasteiger charge is 2.25. The van der Waals surface area contributed by atoms with E-state index in [0.717, 1.165) is 47.9 Å². The molecule has 0 amide bonds. The van der Waals surface area contributed by atoms with Crippen LogP contribution in [0.15, 0.2) is 35.3 Å². The normalized spacial score (nSPS) is 17.5. The minimum atomic E-state index is -0.0128. The third kappa shape index (κ3) is 2.36. The molecular formula is C18H22N4O. The van der Waals surface area contributed by atoms with Gasteiger partial charge in [0.1, 0.15) is 0 Å².